The minimum atomic E-state index is -0.291. The van der Waals surface area contributed by atoms with Crippen molar-refractivity contribution < 1.29 is 9.59 Å². The highest BCUT2D eigenvalue weighted by Gasteiger charge is 2.10. The molecule has 0 radical (unpaired) electrons. The fourth-order valence-electron chi connectivity index (χ4n) is 3.02. The van der Waals surface area contributed by atoms with Crippen LogP contribution in [0.15, 0.2) is 60.7 Å². The number of anilines is 1. The van der Waals surface area contributed by atoms with Crippen LogP contribution in [-0.2, 0) is 4.79 Å². The number of hydrogen-bond acceptors (Lipinski definition) is 2. The summed E-state index contributed by atoms with van der Waals surface area (Å²) in [6.07, 6.45) is 0.174. The number of nitrogens with zero attached hydrogens (tertiary/aromatic N) is 1. The molecule has 2 aromatic carbocycles. The fourth-order valence-corrected chi connectivity index (χ4v) is 3.24. The molecule has 28 heavy (non-hydrogen) atoms. The van der Waals surface area contributed by atoms with E-state index in [0.717, 1.165) is 17.1 Å². The first-order valence-electron chi connectivity index (χ1n) is 9.03. The van der Waals surface area contributed by atoms with E-state index < -0.39 is 0 Å². The average Bonchev–Trinajstić information content (AvgIpc) is 3.01. The summed E-state index contributed by atoms with van der Waals surface area (Å²) >= 11 is 6.00. The van der Waals surface area contributed by atoms with Crippen molar-refractivity contribution >= 4 is 29.1 Å². The van der Waals surface area contributed by atoms with Crippen molar-refractivity contribution in [1.82, 2.24) is 9.88 Å². The molecule has 0 bridgehead atoms. The number of hydrogen-bond donors (Lipinski definition) is 2. The van der Waals surface area contributed by atoms with Gasteiger partial charge in [0.2, 0.25) is 5.91 Å². The van der Waals surface area contributed by atoms with Gasteiger partial charge in [-0.25, -0.2) is 0 Å². The first kappa shape index (κ1) is 19.7. The molecular weight excluding hydrogens is 374 g/mol. The molecule has 1 heterocycles. The van der Waals surface area contributed by atoms with Crippen molar-refractivity contribution in [2.24, 2.45) is 0 Å². The molecule has 144 valence electrons. The number of nitrogens with one attached hydrogen (secondary N) is 2. The molecule has 0 aliphatic carbocycles. The quantitative estimate of drug-likeness (QED) is 0.645. The zero-order valence-electron chi connectivity index (χ0n) is 15.8. The maximum absolute atomic E-state index is 12.1. The summed E-state index contributed by atoms with van der Waals surface area (Å²) < 4.78 is 2.15. The first-order chi connectivity index (χ1) is 13.5. The van der Waals surface area contributed by atoms with E-state index in [1.54, 1.807) is 24.3 Å². The van der Waals surface area contributed by atoms with Gasteiger partial charge in [0.05, 0.1) is 10.6 Å². The van der Waals surface area contributed by atoms with Gasteiger partial charge >= 0.3 is 0 Å². The van der Waals surface area contributed by atoms with E-state index in [2.05, 4.69) is 41.2 Å². The normalized spacial score (nSPS) is 10.5. The molecule has 0 aliphatic rings. The Hall–Kier alpha value is -3.05. The lowest BCUT2D eigenvalue weighted by molar-refractivity contribution is -0.116. The molecule has 0 saturated carbocycles. The van der Waals surface area contributed by atoms with Crippen LogP contribution in [0.25, 0.3) is 5.69 Å². The predicted octanol–water partition coefficient (Wildman–Crippen LogP) is 4.51. The molecule has 3 aromatic rings. The van der Waals surface area contributed by atoms with Gasteiger partial charge < -0.3 is 15.2 Å². The number of benzene rings is 2. The maximum atomic E-state index is 12.1. The lowest BCUT2D eigenvalue weighted by Crippen LogP contribution is -2.27. The molecule has 6 heteroatoms. The largest absolute Gasteiger partial charge is 0.351 e. The highest BCUT2D eigenvalue weighted by molar-refractivity contribution is 6.33. The number of halogens is 1. The minimum absolute atomic E-state index is 0.166. The van der Waals surface area contributed by atoms with Crippen LogP contribution in [-0.4, -0.2) is 22.9 Å². The van der Waals surface area contributed by atoms with E-state index in [1.165, 1.54) is 0 Å². The summed E-state index contributed by atoms with van der Waals surface area (Å²) in [5, 5.41) is 5.94. The molecule has 0 aliphatic heterocycles. The minimum Gasteiger partial charge on any atom is -0.351 e. The van der Waals surface area contributed by atoms with Crippen LogP contribution in [0.3, 0.4) is 0 Å². The van der Waals surface area contributed by atoms with Crippen molar-refractivity contribution in [3.05, 3.63) is 82.6 Å². The summed E-state index contributed by atoms with van der Waals surface area (Å²) in [7, 11) is 0. The summed E-state index contributed by atoms with van der Waals surface area (Å²) in [5.41, 5.74) is 4.47. The van der Waals surface area contributed by atoms with Crippen LogP contribution in [0.4, 0.5) is 5.69 Å². The van der Waals surface area contributed by atoms with E-state index in [1.807, 2.05) is 24.3 Å². The van der Waals surface area contributed by atoms with E-state index >= 15 is 0 Å². The Morgan fingerprint density at radius 3 is 2.21 bits per heavy atom. The Morgan fingerprint density at radius 1 is 0.929 bits per heavy atom. The molecular formula is C22H22ClN3O2. The van der Waals surface area contributed by atoms with Crippen LogP contribution in [0.5, 0.6) is 0 Å². The van der Waals surface area contributed by atoms with E-state index in [4.69, 9.17) is 11.6 Å². The molecule has 5 nitrogen and oxygen atoms in total. The third kappa shape index (κ3) is 4.61. The van der Waals surface area contributed by atoms with Gasteiger partial charge in [0.25, 0.3) is 5.91 Å². The van der Waals surface area contributed by atoms with Gasteiger partial charge in [0, 0.05) is 35.7 Å². The van der Waals surface area contributed by atoms with Gasteiger partial charge in [-0.1, -0.05) is 23.7 Å². The van der Waals surface area contributed by atoms with Gasteiger partial charge in [-0.3, -0.25) is 9.59 Å². The summed E-state index contributed by atoms with van der Waals surface area (Å²) in [5.74, 6) is -0.458. The zero-order valence-corrected chi connectivity index (χ0v) is 16.6. The van der Waals surface area contributed by atoms with Crippen LogP contribution in [0.2, 0.25) is 5.02 Å². The van der Waals surface area contributed by atoms with Crippen LogP contribution in [0.1, 0.15) is 28.2 Å². The zero-order chi connectivity index (χ0) is 20.1. The first-order valence-corrected chi connectivity index (χ1v) is 9.41. The number of carbonyl (C=O) groups is 2. The molecule has 1 aromatic heterocycles. The number of amides is 2. The lowest BCUT2D eigenvalue weighted by atomic mass is 10.2. The highest BCUT2D eigenvalue weighted by Crippen LogP contribution is 2.19. The second-order valence-corrected chi connectivity index (χ2v) is 6.94. The predicted molar refractivity (Wildman–Crippen MR) is 112 cm³/mol. The van der Waals surface area contributed by atoms with E-state index in [9.17, 15) is 9.59 Å². The smallest absolute Gasteiger partial charge is 0.252 e. The van der Waals surface area contributed by atoms with Crippen molar-refractivity contribution in [2.45, 2.75) is 20.3 Å². The third-order valence-electron chi connectivity index (χ3n) is 4.44. The SMILES string of the molecule is Cc1ccc(C)n1-c1ccc(NC(=O)CCNC(=O)c2ccccc2Cl)cc1. The molecule has 0 atom stereocenters. The van der Waals surface area contributed by atoms with Gasteiger partial charge in [0.15, 0.2) is 0 Å². The molecule has 2 amide bonds. The summed E-state index contributed by atoms with van der Waals surface area (Å²) in [6, 6.07) is 18.6. The number of rotatable bonds is 6. The molecule has 2 N–H and O–H groups in total. The molecule has 0 saturated heterocycles. The van der Waals surface area contributed by atoms with Crippen LogP contribution < -0.4 is 10.6 Å². The Kier molecular flexibility index (Phi) is 6.16. The number of carbonyl (C=O) groups excluding carboxylic acids is 2. The Morgan fingerprint density at radius 2 is 1.57 bits per heavy atom. The van der Waals surface area contributed by atoms with E-state index in [0.29, 0.717) is 16.3 Å². The summed E-state index contributed by atoms with van der Waals surface area (Å²) in [6.45, 7) is 4.34. The Bertz CT molecular complexity index is 974. The van der Waals surface area contributed by atoms with Crippen molar-refractivity contribution in [3.8, 4) is 5.69 Å². The summed E-state index contributed by atoms with van der Waals surface area (Å²) in [4.78, 5) is 24.2. The molecule has 0 unspecified atom stereocenters. The molecule has 0 fully saturated rings. The van der Waals surface area contributed by atoms with Gasteiger partial charge in [-0.05, 0) is 62.4 Å². The lowest BCUT2D eigenvalue weighted by Gasteiger charge is -2.11. The number of aryl methyl sites for hydroxylation is 2. The highest BCUT2D eigenvalue weighted by atomic mass is 35.5. The standard InChI is InChI=1S/C22H22ClN3O2/c1-15-7-8-16(2)26(15)18-11-9-17(10-12-18)25-21(27)13-14-24-22(28)19-5-3-4-6-20(19)23/h3-12H,13-14H2,1-2H3,(H,24,28)(H,25,27). The topological polar surface area (TPSA) is 63.1 Å². The van der Waals surface area contributed by atoms with Gasteiger partial charge in [0.1, 0.15) is 0 Å². The van der Waals surface area contributed by atoms with Crippen molar-refractivity contribution in [3.63, 3.8) is 0 Å². The Balaban J connectivity index is 1.51. The second kappa shape index (κ2) is 8.76. The van der Waals surface area contributed by atoms with Gasteiger partial charge in [-0.2, -0.15) is 0 Å². The maximum Gasteiger partial charge on any atom is 0.252 e. The molecule has 0 spiro atoms. The monoisotopic (exact) mass is 395 g/mol. The van der Waals surface area contributed by atoms with Crippen molar-refractivity contribution in [2.75, 3.05) is 11.9 Å². The second-order valence-electron chi connectivity index (χ2n) is 6.53. The Labute approximate surface area is 169 Å². The average molecular weight is 396 g/mol. The third-order valence-corrected chi connectivity index (χ3v) is 4.77. The van der Waals surface area contributed by atoms with Crippen LogP contribution >= 0.6 is 11.6 Å². The van der Waals surface area contributed by atoms with E-state index in [-0.39, 0.29) is 24.8 Å². The fraction of sp³-hybridized carbons (Fsp3) is 0.182. The van der Waals surface area contributed by atoms with Crippen LogP contribution in [0, 0.1) is 13.8 Å². The van der Waals surface area contributed by atoms with Gasteiger partial charge in [-0.15, -0.1) is 0 Å². The number of aromatic nitrogens is 1. The molecule has 3 rings (SSSR count). The van der Waals surface area contributed by atoms with Crippen molar-refractivity contribution in [1.29, 1.82) is 0 Å².